The lowest BCUT2D eigenvalue weighted by Gasteiger charge is -2.08. The summed E-state index contributed by atoms with van der Waals surface area (Å²) in [7, 11) is 1.69. The van der Waals surface area contributed by atoms with Crippen LogP contribution in [0.25, 0.3) is 0 Å². The molecule has 0 heterocycles. The van der Waals surface area contributed by atoms with E-state index in [-0.39, 0.29) is 5.75 Å². The molecular formula is C8H9ClN2OS. The van der Waals surface area contributed by atoms with Gasteiger partial charge in [-0.3, -0.25) is 0 Å². The SMILES string of the molecule is CNC(=S)Nc1cc(Cl)ccc1O. The number of anilines is 1. The summed E-state index contributed by atoms with van der Waals surface area (Å²) in [5.74, 6) is 0.113. The van der Waals surface area contributed by atoms with Crippen LogP contribution < -0.4 is 10.6 Å². The average molecular weight is 217 g/mol. The summed E-state index contributed by atoms with van der Waals surface area (Å²) < 4.78 is 0. The highest BCUT2D eigenvalue weighted by Gasteiger charge is 2.02. The maximum Gasteiger partial charge on any atom is 0.170 e. The fourth-order valence-electron chi connectivity index (χ4n) is 0.793. The minimum atomic E-state index is 0.113. The Balaban J connectivity index is 2.87. The number of phenols is 1. The fraction of sp³-hybridized carbons (Fsp3) is 0.125. The van der Waals surface area contributed by atoms with Gasteiger partial charge in [0.2, 0.25) is 0 Å². The van der Waals surface area contributed by atoms with E-state index in [4.69, 9.17) is 23.8 Å². The molecule has 0 aliphatic heterocycles. The molecule has 1 aromatic rings. The maximum absolute atomic E-state index is 9.37. The van der Waals surface area contributed by atoms with Crippen LogP contribution in [0.5, 0.6) is 5.75 Å². The third-order valence-corrected chi connectivity index (χ3v) is 1.98. The molecule has 13 heavy (non-hydrogen) atoms. The summed E-state index contributed by atoms with van der Waals surface area (Å²) in [5.41, 5.74) is 0.492. The quantitative estimate of drug-likeness (QED) is 0.496. The van der Waals surface area contributed by atoms with E-state index in [1.54, 1.807) is 19.2 Å². The molecule has 0 aliphatic rings. The van der Waals surface area contributed by atoms with Crippen molar-refractivity contribution in [1.82, 2.24) is 5.32 Å². The fourth-order valence-corrected chi connectivity index (χ4v) is 1.08. The van der Waals surface area contributed by atoms with Crippen molar-refractivity contribution in [2.24, 2.45) is 0 Å². The Morgan fingerprint density at radius 2 is 2.23 bits per heavy atom. The van der Waals surface area contributed by atoms with Gasteiger partial charge in [-0.2, -0.15) is 0 Å². The zero-order valence-electron chi connectivity index (χ0n) is 6.97. The predicted molar refractivity (Wildman–Crippen MR) is 58.4 cm³/mol. The van der Waals surface area contributed by atoms with E-state index in [0.717, 1.165) is 0 Å². The molecule has 0 spiro atoms. The normalized spacial score (nSPS) is 9.38. The Bertz CT molecular complexity index is 330. The molecule has 0 unspecified atom stereocenters. The zero-order chi connectivity index (χ0) is 9.84. The topological polar surface area (TPSA) is 44.3 Å². The van der Waals surface area contributed by atoms with E-state index in [1.807, 2.05) is 0 Å². The van der Waals surface area contributed by atoms with Crippen LogP contribution in [-0.4, -0.2) is 17.3 Å². The highest BCUT2D eigenvalue weighted by Crippen LogP contribution is 2.26. The number of nitrogens with one attached hydrogen (secondary N) is 2. The average Bonchev–Trinajstić information content (AvgIpc) is 2.11. The molecule has 0 aromatic heterocycles. The van der Waals surface area contributed by atoms with Gasteiger partial charge in [-0.25, -0.2) is 0 Å². The third-order valence-electron chi connectivity index (χ3n) is 1.43. The summed E-state index contributed by atoms with van der Waals surface area (Å²) in [5, 5.41) is 15.9. The van der Waals surface area contributed by atoms with Crippen LogP contribution in [0.4, 0.5) is 5.69 Å². The number of hydrogen-bond donors (Lipinski definition) is 3. The first kappa shape index (κ1) is 10.1. The van der Waals surface area contributed by atoms with Crippen LogP contribution in [0.15, 0.2) is 18.2 Å². The van der Waals surface area contributed by atoms with Gasteiger partial charge in [0.25, 0.3) is 0 Å². The molecule has 1 aromatic carbocycles. The summed E-state index contributed by atoms with van der Waals surface area (Å²) >= 11 is 10.6. The first-order valence-electron chi connectivity index (χ1n) is 3.60. The number of hydrogen-bond acceptors (Lipinski definition) is 2. The van der Waals surface area contributed by atoms with E-state index >= 15 is 0 Å². The third kappa shape index (κ3) is 2.75. The lowest BCUT2D eigenvalue weighted by molar-refractivity contribution is 0.478. The van der Waals surface area contributed by atoms with Crippen LogP contribution in [0.1, 0.15) is 0 Å². The monoisotopic (exact) mass is 216 g/mol. The first-order valence-corrected chi connectivity index (χ1v) is 4.39. The Hall–Kier alpha value is -1.00. The van der Waals surface area contributed by atoms with Crippen LogP contribution in [0.3, 0.4) is 0 Å². The molecule has 0 atom stereocenters. The van der Waals surface area contributed by atoms with Crippen LogP contribution >= 0.6 is 23.8 Å². The van der Waals surface area contributed by atoms with Crippen molar-refractivity contribution in [1.29, 1.82) is 0 Å². The second-order valence-corrected chi connectivity index (χ2v) is 3.21. The van der Waals surface area contributed by atoms with Gasteiger partial charge in [0.1, 0.15) is 5.75 Å². The predicted octanol–water partition coefficient (Wildman–Crippen LogP) is 1.96. The number of aromatic hydroxyl groups is 1. The molecule has 0 amide bonds. The highest BCUT2D eigenvalue weighted by atomic mass is 35.5. The Morgan fingerprint density at radius 1 is 1.54 bits per heavy atom. The second-order valence-electron chi connectivity index (χ2n) is 2.37. The first-order chi connectivity index (χ1) is 6.13. The number of thiocarbonyl (C=S) groups is 1. The number of phenolic OH excluding ortho intramolecular Hbond substituents is 1. The number of rotatable bonds is 1. The summed E-state index contributed by atoms with van der Waals surface area (Å²) in [6, 6.07) is 4.70. The van der Waals surface area contributed by atoms with E-state index in [2.05, 4.69) is 10.6 Å². The molecule has 0 bridgehead atoms. The van der Waals surface area contributed by atoms with Crippen molar-refractivity contribution in [3.05, 3.63) is 23.2 Å². The van der Waals surface area contributed by atoms with Gasteiger partial charge in [-0.1, -0.05) is 11.6 Å². The molecule has 0 radical (unpaired) electrons. The van der Waals surface area contributed by atoms with Crippen molar-refractivity contribution >= 4 is 34.6 Å². The van der Waals surface area contributed by atoms with Crippen molar-refractivity contribution in [2.75, 3.05) is 12.4 Å². The van der Waals surface area contributed by atoms with Crippen LogP contribution in [0, 0.1) is 0 Å². The number of halogens is 1. The molecule has 0 saturated carbocycles. The summed E-state index contributed by atoms with van der Waals surface area (Å²) in [6.07, 6.45) is 0. The van der Waals surface area contributed by atoms with Gasteiger partial charge in [-0.05, 0) is 30.4 Å². The van der Waals surface area contributed by atoms with Crippen molar-refractivity contribution in [3.8, 4) is 5.75 Å². The lowest BCUT2D eigenvalue weighted by atomic mass is 10.3. The van der Waals surface area contributed by atoms with Gasteiger partial charge in [0.15, 0.2) is 5.11 Å². The van der Waals surface area contributed by atoms with Gasteiger partial charge in [0.05, 0.1) is 5.69 Å². The minimum Gasteiger partial charge on any atom is -0.506 e. The second kappa shape index (κ2) is 4.30. The summed E-state index contributed by atoms with van der Waals surface area (Å²) in [4.78, 5) is 0. The van der Waals surface area contributed by atoms with E-state index in [1.165, 1.54) is 6.07 Å². The van der Waals surface area contributed by atoms with E-state index in [9.17, 15) is 5.11 Å². The van der Waals surface area contributed by atoms with Crippen molar-refractivity contribution < 1.29 is 5.11 Å². The summed E-state index contributed by atoms with van der Waals surface area (Å²) in [6.45, 7) is 0. The van der Waals surface area contributed by atoms with Crippen molar-refractivity contribution in [2.45, 2.75) is 0 Å². The Kier molecular flexibility index (Phi) is 3.33. The number of benzene rings is 1. The molecule has 0 fully saturated rings. The van der Waals surface area contributed by atoms with Gasteiger partial charge < -0.3 is 15.7 Å². The maximum atomic E-state index is 9.37. The zero-order valence-corrected chi connectivity index (χ0v) is 8.54. The molecule has 3 N–H and O–H groups in total. The van der Waals surface area contributed by atoms with Gasteiger partial charge in [0, 0.05) is 12.1 Å². The molecule has 1 rings (SSSR count). The largest absolute Gasteiger partial charge is 0.506 e. The molecule has 3 nitrogen and oxygen atoms in total. The van der Waals surface area contributed by atoms with Crippen LogP contribution in [0.2, 0.25) is 5.02 Å². The Morgan fingerprint density at radius 3 is 2.85 bits per heavy atom. The van der Waals surface area contributed by atoms with E-state index in [0.29, 0.717) is 15.8 Å². The molecular weight excluding hydrogens is 208 g/mol. The van der Waals surface area contributed by atoms with Gasteiger partial charge >= 0.3 is 0 Å². The molecule has 0 saturated heterocycles. The Labute approximate surface area is 86.7 Å². The molecule has 70 valence electrons. The smallest absolute Gasteiger partial charge is 0.170 e. The van der Waals surface area contributed by atoms with E-state index < -0.39 is 0 Å². The van der Waals surface area contributed by atoms with Crippen LogP contribution in [-0.2, 0) is 0 Å². The molecule has 5 heteroatoms. The molecule has 0 aliphatic carbocycles. The minimum absolute atomic E-state index is 0.113. The van der Waals surface area contributed by atoms with Gasteiger partial charge in [-0.15, -0.1) is 0 Å². The highest BCUT2D eigenvalue weighted by molar-refractivity contribution is 7.80. The standard InChI is InChI=1S/C8H9ClN2OS/c1-10-8(13)11-6-4-5(9)2-3-7(6)12/h2-4,12H,1H3,(H2,10,11,13). The lowest BCUT2D eigenvalue weighted by Crippen LogP contribution is -2.24. The van der Waals surface area contributed by atoms with Crippen molar-refractivity contribution in [3.63, 3.8) is 0 Å².